The number of methoxy groups -OCH3 is 1. The van der Waals surface area contributed by atoms with Gasteiger partial charge in [-0.1, -0.05) is 18.2 Å². The van der Waals surface area contributed by atoms with Crippen molar-refractivity contribution in [3.63, 3.8) is 0 Å². The van der Waals surface area contributed by atoms with Crippen LogP contribution >= 0.6 is 0 Å². The van der Waals surface area contributed by atoms with Crippen LogP contribution in [0.4, 0.5) is 4.39 Å². The fourth-order valence-corrected chi connectivity index (χ4v) is 3.77. The van der Waals surface area contributed by atoms with Gasteiger partial charge in [-0.15, -0.1) is 0 Å². The molecule has 0 atom stereocenters. The van der Waals surface area contributed by atoms with Crippen LogP contribution in [0.25, 0.3) is 0 Å². The van der Waals surface area contributed by atoms with Gasteiger partial charge in [0.05, 0.1) is 19.8 Å². The largest absolute Gasteiger partial charge is 0.383 e. The molecular formula is C18H27FN2O2. The number of hydrogen-bond donors (Lipinski definition) is 0. The normalized spacial score (nSPS) is 22.5. The van der Waals surface area contributed by atoms with Crippen LogP contribution in [0.2, 0.25) is 0 Å². The Balaban J connectivity index is 1.59. The zero-order valence-corrected chi connectivity index (χ0v) is 14.0. The topological polar surface area (TPSA) is 24.9 Å². The summed E-state index contributed by atoms with van der Waals surface area (Å²) < 4.78 is 24.9. The van der Waals surface area contributed by atoms with Crippen LogP contribution in [0, 0.1) is 5.82 Å². The lowest BCUT2D eigenvalue weighted by atomic mass is 9.85. The summed E-state index contributed by atoms with van der Waals surface area (Å²) in [5, 5.41) is 0. The highest BCUT2D eigenvalue weighted by atomic mass is 19.1. The molecule has 128 valence electrons. The summed E-state index contributed by atoms with van der Waals surface area (Å²) in [6.07, 6.45) is 2.15. The van der Waals surface area contributed by atoms with Crippen molar-refractivity contribution in [2.45, 2.75) is 24.9 Å². The number of piperidine rings is 1. The second kappa shape index (κ2) is 7.71. The molecule has 2 fully saturated rings. The average Bonchev–Trinajstić information content (AvgIpc) is 2.58. The van der Waals surface area contributed by atoms with Gasteiger partial charge in [-0.05, 0) is 18.9 Å². The molecule has 2 heterocycles. The van der Waals surface area contributed by atoms with E-state index in [1.807, 2.05) is 12.1 Å². The molecular weight excluding hydrogens is 295 g/mol. The smallest absolute Gasteiger partial charge is 0.127 e. The summed E-state index contributed by atoms with van der Waals surface area (Å²) in [5.74, 6) is -0.101. The third kappa shape index (κ3) is 3.91. The standard InChI is InChI=1S/C18H27FN2O2/c1-22-12-10-21-11-13-23-15-18(21)6-8-20(9-7-18)14-16-4-2-3-5-17(16)19/h2-5H,6-15H2,1H3. The van der Waals surface area contributed by atoms with E-state index in [-0.39, 0.29) is 11.4 Å². The Labute approximate surface area is 138 Å². The third-order valence-corrected chi connectivity index (χ3v) is 5.25. The first-order valence-corrected chi connectivity index (χ1v) is 8.51. The molecule has 0 radical (unpaired) electrons. The average molecular weight is 322 g/mol. The molecule has 2 aliphatic heterocycles. The molecule has 3 rings (SSSR count). The first-order valence-electron chi connectivity index (χ1n) is 8.51. The summed E-state index contributed by atoms with van der Waals surface area (Å²) >= 11 is 0. The summed E-state index contributed by atoms with van der Waals surface area (Å²) in [6, 6.07) is 7.08. The molecule has 2 saturated heterocycles. The van der Waals surface area contributed by atoms with Gasteiger partial charge >= 0.3 is 0 Å². The van der Waals surface area contributed by atoms with Crippen molar-refractivity contribution in [3.05, 3.63) is 35.6 Å². The van der Waals surface area contributed by atoms with E-state index >= 15 is 0 Å². The summed E-state index contributed by atoms with van der Waals surface area (Å²) in [4.78, 5) is 4.90. The Kier molecular flexibility index (Phi) is 5.64. The maximum atomic E-state index is 13.8. The van der Waals surface area contributed by atoms with E-state index in [1.165, 1.54) is 0 Å². The lowest BCUT2D eigenvalue weighted by Crippen LogP contribution is -2.61. The van der Waals surface area contributed by atoms with Gasteiger partial charge in [0.15, 0.2) is 0 Å². The lowest BCUT2D eigenvalue weighted by molar-refractivity contribution is -0.101. The van der Waals surface area contributed by atoms with Gasteiger partial charge in [0, 0.05) is 50.9 Å². The van der Waals surface area contributed by atoms with Crippen molar-refractivity contribution in [1.82, 2.24) is 9.80 Å². The molecule has 1 aromatic rings. The first kappa shape index (κ1) is 16.8. The van der Waals surface area contributed by atoms with E-state index in [1.54, 1.807) is 19.2 Å². The molecule has 23 heavy (non-hydrogen) atoms. The molecule has 5 heteroatoms. The van der Waals surface area contributed by atoms with Gasteiger partial charge in [0.1, 0.15) is 5.82 Å². The van der Waals surface area contributed by atoms with Crippen LogP contribution in [0.15, 0.2) is 24.3 Å². The highest BCUT2D eigenvalue weighted by Gasteiger charge is 2.41. The fourth-order valence-electron chi connectivity index (χ4n) is 3.77. The van der Waals surface area contributed by atoms with Gasteiger partial charge in [-0.3, -0.25) is 9.80 Å². The minimum atomic E-state index is -0.101. The molecule has 1 aromatic carbocycles. The van der Waals surface area contributed by atoms with Crippen LogP contribution in [0.5, 0.6) is 0 Å². The molecule has 0 saturated carbocycles. The van der Waals surface area contributed by atoms with Crippen molar-refractivity contribution >= 4 is 0 Å². The monoisotopic (exact) mass is 322 g/mol. The van der Waals surface area contributed by atoms with E-state index in [0.717, 1.165) is 64.4 Å². The van der Waals surface area contributed by atoms with Crippen LogP contribution in [0.1, 0.15) is 18.4 Å². The second-order valence-electron chi connectivity index (χ2n) is 6.62. The van der Waals surface area contributed by atoms with Gasteiger partial charge in [-0.2, -0.15) is 0 Å². The number of benzene rings is 1. The van der Waals surface area contributed by atoms with Crippen molar-refractivity contribution in [1.29, 1.82) is 0 Å². The Morgan fingerprint density at radius 3 is 2.74 bits per heavy atom. The molecule has 1 spiro atoms. The molecule has 0 aromatic heterocycles. The zero-order valence-electron chi connectivity index (χ0n) is 14.0. The summed E-state index contributed by atoms with van der Waals surface area (Å²) in [7, 11) is 1.75. The number of likely N-dealkylation sites (tertiary alicyclic amines) is 1. The van der Waals surface area contributed by atoms with Gasteiger partial charge in [0.25, 0.3) is 0 Å². The summed E-state index contributed by atoms with van der Waals surface area (Å²) in [6.45, 7) is 7.00. The number of nitrogens with zero attached hydrogens (tertiary/aromatic N) is 2. The molecule has 0 N–H and O–H groups in total. The first-order chi connectivity index (χ1) is 11.2. The zero-order chi connectivity index (χ0) is 16.1. The number of ether oxygens (including phenoxy) is 2. The van der Waals surface area contributed by atoms with Crippen LogP contribution in [-0.4, -0.2) is 68.4 Å². The van der Waals surface area contributed by atoms with E-state index in [4.69, 9.17) is 9.47 Å². The van der Waals surface area contributed by atoms with E-state index < -0.39 is 0 Å². The fraction of sp³-hybridized carbons (Fsp3) is 0.667. The van der Waals surface area contributed by atoms with Gasteiger partial charge in [0.2, 0.25) is 0 Å². The van der Waals surface area contributed by atoms with Crippen LogP contribution in [-0.2, 0) is 16.0 Å². The number of hydrogen-bond acceptors (Lipinski definition) is 4. The highest BCUT2D eigenvalue weighted by Crippen LogP contribution is 2.32. The molecule has 0 amide bonds. The molecule has 2 aliphatic rings. The maximum absolute atomic E-state index is 13.8. The highest BCUT2D eigenvalue weighted by molar-refractivity contribution is 5.17. The Bertz CT molecular complexity index is 504. The minimum Gasteiger partial charge on any atom is -0.383 e. The second-order valence-corrected chi connectivity index (χ2v) is 6.62. The molecule has 4 nitrogen and oxygen atoms in total. The van der Waals surface area contributed by atoms with Gasteiger partial charge in [-0.25, -0.2) is 4.39 Å². The molecule has 0 aliphatic carbocycles. The third-order valence-electron chi connectivity index (χ3n) is 5.25. The predicted molar refractivity (Wildman–Crippen MR) is 87.9 cm³/mol. The van der Waals surface area contributed by atoms with Crippen molar-refractivity contribution in [2.75, 3.05) is 53.1 Å². The Morgan fingerprint density at radius 2 is 2.00 bits per heavy atom. The lowest BCUT2D eigenvalue weighted by Gasteiger charge is -2.51. The van der Waals surface area contributed by atoms with Crippen molar-refractivity contribution in [3.8, 4) is 0 Å². The molecule has 0 unspecified atom stereocenters. The summed E-state index contributed by atoms with van der Waals surface area (Å²) in [5.41, 5.74) is 0.933. The van der Waals surface area contributed by atoms with Gasteiger partial charge < -0.3 is 9.47 Å². The quantitative estimate of drug-likeness (QED) is 0.829. The number of rotatable bonds is 5. The van der Waals surface area contributed by atoms with Crippen LogP contribution in [0.3, 0.4) is 0 Å². The van der Waals surface area contributed by atoms with Crippen molar-refractivity contribution < 1.29 is 13.9 Å². The predicted octanol–water partition coefficient (Wildman–Crippen LogP) is 2.14. The SMILES string of the molecule is COCCN1CCOCC12CCN(Cc1ccccc1F)CC2. The van der Waals surface area contributed by atoms with Crippen LogP contribution < -0.4 is 0 Å². The Hall–Kier alpha value is -1.01. The van der Waals surface area contributed by atoms with E-state index in [2.05, 4.69) is 9.80 Å². The minimum absolute atomic E-state index is 0.101. The number of halogens is 1. The number of morpholine rings is 1. The van der Waals surface area contributed by atoms with Crippen molar-refractivity contribution in [2.24, 2.45) is 0 Å². The Morgan fingerprint density at radius 1 is 1.22 bits per heavy atom. The maximum Gasteiger partial charge on any atom is 0.127 e. The van der Waals surface area contributed by atoms with E-state index in [0.29, 0.717) is 6.54 Å². The van der Waals surface area contributed by atoms with E-state index in [9.17, 15) is 4.39 Å². The molecule has 0 bridgehead atoms.